The van der Waals surface area contributed by atoms with Crippen molar-refractivity contribution in [3.05, 3.63) is 102 Å². The number of nitrogens with one attached hydrogen (secondary N) is 1. The molecule has 1 amide bonds. The van der Waals surface area contributed by atoms with E-state index in [1.54, 1.807) is 6.07 Å². The van der Waals surface area contributed by atoms with Crippen LogP contribution >= 0.6 is 0 Å². The summed E-state index contributed by atoms with van der Waals surface area (Å²) in [4.78, 5) is 28.1. The van der Waals surface area contributed by atoms with Crippen LogP contribution in [-0.4, -0.2) is 33.3 Å². The van der Waals surface area contributed by atoms with E-state index in [0.717, 1.165) is 28.6 Å². The van der Waals surface area contributed by atoms with Crippen LogP contribution in [-0.2, 0) is 4.74 Å². The molecule has 0 spiro atoms. The van der Waals surface area contributed by atoms with Gasteiger partial charge in [-0.2, -0.15) is 0 Å². The van der Waals surface area contributed by atoms with Gasteiger partial charge < -0.3 is 9.84 Å². The molecule has 0 atom stereocenters. The van der Waals surface area contributed by atoms with Crippen LogP contribution in [0.15, 0.2) is 79.1 Å². The number of anilines is 1. The highest BCUT2D eigenvalue weighted by Gasteiger charge is 2.29. The van der Waals surface area contributed by atoms with Crippen molar-refractivity contribution in [2.75, 3.05) is 11.9 Å². The molecule has 1 heterocycles. The average molecular weight is 443 g/mol. The van der Waals surface area contributed by atoms with Gasteiger partial charge >= 0.3 is 12.1 Å². The first-order valence-electron chi connectivity index (χ1n) is 10.2. The highest BCUT2D eigenvalue weighted by Crippen LogP contribution is 2.44. The minimum Gasteiger partial charge on any atom is -0.476 e. The number of nitrogens with zero attached hydrogens (tertiary/aromatic N) is 2. The number of benzene rings is 3. The normalized spacial score (nSPS) is 12.2. The standard InChI is InChI=1S/C25H18FN3O4/c26-20-11-5-6-12-21(20)29-14-27-22(24(30)31)23(29)28-25(32)33-13-19-17-9-3-1-7-15(17)16-8-2-4-10-18(16)19/h1-12,14,19H,13H2,(H,28,32)(H,30,31). The van der Waals surface area contributed by atoms with Crippen LogP contribution in [0.3, 0.4) is 0 Å². The van der Waals surface area contributed by atoms with Crippen LogP contribution in [0.1, 0.15) is 27.5 Å². The molecular weight excluding hydrogens is 425 g/mol. The van der Waals surface area contributed by atoms with Crippen molar-refractivity contribution in [2.24, 2.45) is 0 Å². The zero-order chi connectivity index (χ0) is 22.9. The zero-order valence-corrected chi connectivity index (χ0v) is 17.2. The van der Waals surface area contributed by atoms with Crippen LogP contribution in [0.5, 0.6) is 0 Å². The number of carbonyl (C=O) groups excluding carboxylic acids is 1. The number of carboxylic acids is 1. The summed E-state index contributed by atoms with van der Waals surface area (Å²) in [6, 6.07) is 21.6. The topological polar surface area (TPSA) is 93.5 Å². The van der Waals surface area contributed by atoms with Gasteiger partial charge in [-0.25, -0.2) is 19.0 Å². The largest absolute Gasteiger partial charge is 0.476 e. The van der Waals surface area contributed by atoms with Crippen LogP contribution in [0.25, 0.3) is 16.8 Å². The quantitative estimate of drug-likeness (QED) is 0.449. The zero-order valence-electron chi connectivity index (χ0n) is 17.2. The molecule has 164 valence electrons. The molecule has 1 aliphatic rings. The smallest absolute Gasteiger partial charge is 0.412 e. The van der Waals surface area contributed by atoms with Gasteiger partial charge in [0.25, 0.3) is 0 Å². The van der Waals surface area contributed by atoms with Crippen molar-refractivity contribution in [3.8, 4) is 16.8 Å². The molecule has 0 aliphatic heterocycles. The van der Waals surface area contributed by atoms with Gasteiger partial charge in [-0.05, 0) is 34.4 Å². The molecule has 1 aliphatic carbocycles. The molecule has 0 saturated heterocycles. The third-order valence-corrected chi connectivity index (χ3v) is 5.65. The van der Waals surface area contributed by atoms with Crippen molar-refractivity contribution < 1.29 is 23.8 Å². The summed E-state index contributed by atoms with van der Waals surface area (Å²) in [6.07, 6.45) is 0.276. The van der Waals surface area contributed by atoms with E-state index in [-0.39, 0.29) is 24.0 Å². The van der Waals surface area contributed by atoms with E-state index in [1.165, 1.54) is 22.8 Å². The lowest BCUT2D eigenvalue weighted by Crippen LogP contribution is -2.21. The molecule has 0 bridgehead atoms. The number of hydrogen-bond donors (Lipinski definition) is 2. The van der Waals surface area contributed by atoms with Gasteiger partial charge in [-0.1, -0.05) is 60.7 Å². The SMILES string of the molecule is O=C(Nc1c(C(=O)O)ncn1-c1ccccc1F)OCC1c2ccccc2-c2ccccc21. The van der Waals surface area contributed by atoms with Crippen molar-refractivity contribution in [1.29, 1.82) is 0 Å². The predicted octanol–water partition coefficient (Wildman–Crippen LogP) is 5.07. The second-order valence-corrected chi connectivity index (χ2v) is 7.52. The predicted molar refractivity (Wildman–Crippen MR) is 119 cm³/mol. The number of halogens is 1. The number of aromatic nitrogens is 2. The lowest BCUT2D eigenvalue weighted by Gasteiger charge is -2.15. The minimum absolute atomic E-state index is 0.0476. The van der Waals surface area contributed by atoms with E-state index in [0.29, 0.717) is 0 Å². The fourth-order valence-corrected chi connectivity index (χ4v) is 4.19. The molecule has 3 aromatic carbocycles. The average Bonchev–Trinajstić information content (AvgIpc) is 3.37. The number of fused-ring (bicyclic) bond motifs is 3. The molecule has 0 fully saturated rings. The van der Waals surface area contributed by atoms with E-state index in [9.17, 15) is 19.1 Å². The van der Waals surface area contributed by atoms with Crippen LogP contribution in [0.2, 0.25) is 0 Å². The van der Waals surface area contributed by atoms with Crippen molar-refractivity contribution >= 4 is 17.9 Å². The number of amides is 1. The number of aromatic carboxylic acids is 1. The van der Waals surface area contributed by atoms with E-state index in [2.05, 4.69) is 10.3 Å². The summed E-state index contributed by atoms with van der Waals surface area (Å²) in [5, 5.41) is 11.9. The Hall–Kier alpha value is -4.46. The Morgan fingerprint density at radius 1 is 0.970 bits per heavy atom. The molecule has 7 nitrogen and oxygen atoms in total. The Morgan fingerprint density at radius 2 is 1.58 bits per heavy atom. The number of carbonyl (C=O) groups is 2. The maximum atomic E-state index is 14.3. The molecule has 0 saturated carbocycles. The Bertz CT molecular complexity index is 1340. The van der Waals surface area contributed by atoms with E-state index in [1.807, 2.05) is 48.5 Å². The fourth-order valence-electron chi connectivity index (χ4n) is 4.19. The monoisotopic (exact) mass is 443 g/mol. The van der Waals surface area contributed by atoms with Gasteiger partial charge in [0.05, 0.1) is 5.69 Å². The first-order valence-corrected chi connectivity index (χ1v) is 10.2. The van der Waals surface area contributed by atoms with Gasteiger partial charge in [0.2, 0.25) is 0 Å². The Kier molecular flexibility index (Phi) is 5.10. The summed E-state index contributed by atoms with van der Waals surface area (Å²) in [5.74, 6) is -2.30. The number of carboxylic acid groups (broad SMARTS) is 1. The van der Waals surface area contributed by atoms with Crippen molar-refractivity contribution in [3.63, 3.8) is 0 Å². The van der Waals surface area contributed by atoms with Gasteiger partial charge in [-0.3, -0.25) is 9.88 Å². The van der Waals surface area contributed by atoms with Crippen LogP contribution in [0.4, 0.5) is 15.0 Å². The second-order valence-electron chi connectivity index (χ2n) is 7.52. The molecule has 8 heteroatoms. The van der Waals surface area contributed by atoms with E-state index >= 15 is 0 Å². The Labute approximate surface area is 188 Å². The van der Waals surface area contributed by atoms with E-state index < -0.39 is 23.6 Å². The lowest BCUT2D eigenvalue weighted by molar-refractivity contribution is 0.0692. The number of ether oxygens (including phenoxy) is 1. The highest BCUT2D eigenvalue weighted by atomic mass is 19.1. The summed E-state index contributed by atoms with van der Waals surface area (Å²) >= 11 is 0. The lowest BCUT2D eigenvalue weighted by atomic mass is 9.98. The number of hydrogen-bond acceptors (Lipinski definition) is 4. The molecular formula is C25H18FN3O4. The third kappa shape index (κ3) is 3.61. The molecule has 4 aromatic rings. The third-order valence-electron chi connectivity index (χ3n) is 5.65. The van der Waals surface area contributed by atoms with Gasteiger partial charge in [-0.15, -0.1) is 0 Å². The molecule has 5 rings (SSSR count). The van der Waals surface area contributed by atoms with Gasteiger partial charge in [0.15, 0.2) is 11.5 Å². The Balaban J connectivity index is 1.39. The maximum absolute atomic E-state index is 14.3. The summed E-state index contributed by atoms with van der Waals surface area (Å²) < 4.78 is 21.0. The molecule has 0 unspecified atom stereocenters. The van der Waals surface area contributed by atoms with Crippen LogP contribution in [0, 0.1) is 5.82 Å². The van der Waals surface area contributed by atoms with Gasteiger partial charge in [0.1, 0.15) is 18.8 Å². The molecule has 0 radical (unpaired) electrons. The molecule has 2 N–H and O–H groups in total. The second kappa shape index (κ2) is 8.23. The fraction of sp³-hybridized carbons (Fsp3) is 0.0800. The first-order chi connectivity index (χ1) is 16.0. The molecule has 33 heavy (non-hydrogen) atoms. The number of imidazole rings is 1. The summed E-state index contributed by atoms with van der Waals surface area (Å²) in [6.45, 7) is 0.0517. The van der Waals surface area contributed by atoms with Crippen molar-refractivity contribution in [2.45, 2.75) is 5.92 Å². The summed E-state index contributed by atoms with van der Waals surface area (Å²) in [7, 11) is 0. The van der Waals surface area contributed by atoms with E-state index in [4.69, 9.17) is 4.74 Å². The number of rotatable bonds is 5. The summed E-state index contributed by atoms with van der Waals surface area (Å²) in [5.41, 5.74) is 3.90. The first kappa shape index (κ1) is 20.4. The highest BCUT2D eigenvalue weighted by molar-refractivity contribution is 5.96. The minimum atomic E-state index is -1.36. The Morgan fingerprint density at radius 3 is 2.21 bits per heavy atom. The number of para-hydroxylation sites is 1. The maximum Gasteiger partial charge on any atom is 0.412 e. The van der Waals surface area contributed by atoms with Gasteiger partial charge in [0, 0.05) is 5.92 Å². The van der Waals surface area contributed by atoms with Crippen LogP contribution < -0.4 is 5.32 Å². The molecule has 1 aromatic heterocycles. The van der Waals surface area contributed by atoms with Crippen molar-refractivity contribution in [1.82, 2.24) is 9.55 Å².